The average Bonchev–Trinajstić information content (AvgIpc) is 2.44. The van der Waals surface area contributed by atoms with Crippen LogP contribution in [0.4, 0.5) is 8.78 Å². The van der Waals surface area contributed by atoms with Crippen molar-refractivity contribution < 1.29 is 18.3 Å². The fraction of sp³-hybridized carbons (Fsp3) is 0.500. The minimum atomic E-state index is -2.53. The van der Waals surface area contributed by atoms with Gasteiger partial charge in [0.2, 0.25) is 5.88 Å². The first kappa shape index (κ1) is 16.1. The summed E-state index contributed by atoms with van der Waals surface area (Å²) in [6.07, 6.45) is -1.06. The van der Waals surface area contributed by atoms with E-state index in [4.69, 9.17) is 15.2 Å². The molecule has 3 N–H and O–H groups in total. The van der Waals surface area contributed by atoms with Crippen LogP contribution in [-0.2, 0) is 11.3 Å². The van der Waals surface area contributed by atoms with Crippen LogP contribution in [0.1, 0.15) is 5.56 Å². The van der Waals surface area contributed by atoms with E-state index in [9.17, 15) is 8.78 Å². The van der Waals surface area contributed by atoms with Crippen molar-refractivity contribution in [3.8, 4) is 5.88 Å². The van der Waals surface area contributed by atoms with E-state index in [-0.39, 0.29) is 11.8 Å². The highest BCUT2D eigenvalue weighted by atomic mass is 19.3. The Morgan fingerprint density at radius 1 is 1.55 bits per heavy atom. The lowest BCUT2D eigenvalue weighted by Crippen LogP contribution is -2.34. The van der Waals surface area contributed by atoms with Gasteiger partial charge in [-0.2, -0.15) is 0 Å². The Morgan fingerprint density at radius 2 is 2.35 bits per heavy atom. The van der Waals surface area contributed by atoms with Crippen molar-refractivity contribution in [2.24, 2.45) is 10.7 Å². The van der Waals surface area contributed by atoms with Crippen molar-refractivity contribution in [1.82, 2.24) is 10.3 Å². The van der Waals surface area contributed by atoms with Crippen LogP contribution in [0.3, 0.4) is 0 Å². The van der Waals surface area contributed by atoms with Gasteiger partial charge in [-0.05, 0) is 11.6 Å². The highest BCUT2D eigenvalue weighted by Gasteiger charge is 2.04. The number of halogens is 2. The molecule has 0 atom stereocenters. The Kier molecular flexibility index (Phi) is 7.26. The Labute approximate surface area is 116 Å². The highest BCUT2D eigenvalue weighted by molar-refractivity contribution is 5.77. The van der Waals surface area contributed by atoms with E-state index in [0.717, 1.165) is 5.56 Å². The molecule has 0 saturated carbocycles. The van der Waals surface area contributed by atoms with E-state index >= 15 is 0 Å². The van der Waals surface area contributed by atoms with E-state index in [0.29, 0.717) is 19.7 Å². The Balaban J connectivity index is 2.46. The number of nitrogens with zero attached hydrogens (tertiary/aromatic N) is 2. The largest absolute Gasteiger partial charge is 0.472 e. The quantitative estimate of drug-likeness (QED) is 0.419. The second-order valence-electron chi connectivity index (χ2n) is 3.83. The Bertz CT molecular complexity index is 430. The molecule has 1 heterocycles. The van der Waals surface area contributed by atoms with Crippen LogP contribution in [0, 0.1) is 0 Å². The van der Waals surface area contributed by atoms with E-state index in [1.807, 2.05) is 0 Å². The number of alkyl halides is 2. The first-order chi connectivity index (χ1) is 9.61. The second-order valence-corrected chi connectivity index (χ2v) is 3.83. The zero-order valence-corrected chi connectivity index (χ0v) is 11.2. The predicted octanol–water partition coefficient (Wildman–Crippen LogP) is 0.776. The zero-order valence-electron chi connectivity index (χ0n) is 11.2. The molecule has 0 aliphatic heterocycles. The maximum Gasteiger partial charge on any atom is 0.272 e. The van der Waals surface area contributed by atoms with E-state index < -0.39 is 13.0 Å². The number of hydrogen-bond donors (Lipinski definition) is 2. The van der Waals surface area contributed by atoms with Crippen LogP contribution in [0.25, 0.3) is 0 Å². The summed E-state index contributed by atoms with van der Waals surface area (Å²) in [5.74, 6) is 0.429. The summed E-state index contributed by atoms with van der Waals surface area (Å²) in [5, 5.41) is 2.87. The number of nitrogens with one attached hydrogen (secondary N) is 1. The van der Waals surface area contributed by atoms with Gasteiger partial charge in [0.05, 0.1) is 13.2 Å². The van der Waals surface area contributed by atoms with Gasteiger partial charge in [-0.25, -0.2) is 18.8 Å². The SMILES string of the molecule is COCCNC(N)=NCc1ccnc(OCC(F)F)c1. The topological polar surface area (TPSA) is 81.8 Å². The molecule has 0 bridgehead atoms. The van der Waals surface area contributed by atoms with E-state index in [1.165, 1.54) is 6.20 Å². The fourth-order valence-corrected chi connectivity index (χ4v) is 1.29. The summed E-state index contributed by atoms with van der Waals surface area (Å²) in [5.41, 5.74) is 6.40. The summed E-state index contributed by atoms with van der Waals surface area (Å²) in [7, 11) is 1.59. The highest BCUT2D eigenvalue weighted by Crippen LogP contribution is 2.11. The van der Waals surface area contributed by atoms with Gasteiger partial charge in [-0.15, -0.1) is 0 Å². The molecule has 0 spiro atoms. The van der Waals surface area contributed by atoms with Gasteiger partial charge in [-0.3, -0.25) is 0 Å². The predicted molar refractivity (Wildman–Crippen MR) is 70.9 cm³/mol. The molecular weight excluding hydrogens is 270 g/mol. The van der Waals surface area contributed by atoms with Crippen molar-refractivity contribution in [2.75, 3.05) is 26.9 Å². The monoisotopic (exact) mass is 288 g/mol. The van der Waals surface area contributed by atoms with Crippen molar-refractivity contribution >= 4 is 5.96 Å². The van der Waals surface area contributed by atoms with E-state index in [2.05, 4.69) is 15.3 Å². The lowest BCUT2D eigenvalue weighted by Gasteiger charge is -2.06. The van der Waals surface area contributed by atoms with Gasteiger partial charge < -0.3 is 20.5 Å². The maximum atomic E-state index is 12.0. The van der Waals surface area contributed by atoms with Crippen LogP contribution in [0.2, 0.25) is 0 Å². The van der Waals surface area contributed by atoms with E-state index in [1.54, 1.807) is 19.2 Å². The number of hydrogen-bond acceptors (Lipinski definition) is 4. The number of ether oxygens (including phenoxy) is 2. The molecule has 0 unspecified atom stereocenters. The number of pyridine rings is 1. The molecule has 6 nitrogen and oxygen atoms in total. The van der Waals surface area contributed by atoms with Crippen LogP contribution < -0.4 is 15.8 Å². The van der Waals surface area contributed by atoms with Crippen LogP contribution >= 0.6 is 0 Å². The normalized spacial score (nSPS) is 11.7. The second kappa shape index (κ2) is 9.03. The minimum Gasteiger partial charge on any atom is -0.472 e. The molecule has 0 aliphatic rings. The number of nitrogens with two attached hydrogens (primary N) is 1. The smallest absolute Gasteiger partial charge is 0.272 e. The van der Waals surface area contributed by atoms with Gasteiger partial charge in [0, 0.05) is 25.9 Å². The first-order valence-electron chi connectivity index (χ1n) is 6.00. The third kappa shape index (κ3) is 6.83. The zero-order chi connectivity index (χ0) is 14.8. The first-order valence-corrected chi connectivity index (χ1v) is 6.00. The van der Waals surface area contributed by atoms with Crippen molar-refractivity contribution in [1.29, 1.82) is 0 Å². The third-order valence-corrected chi connectivity index (χ3v) is 2.20. The lowest BCUT2D eigenvalue weighted by molar-refractivity contribution is 0.0795. The average molecular weight is 288 g/mol. The number of aromatic nitrogens is 1. The summed E-state index contributed by atoms with van der Waals surface area (Å²) in [4.78, 5) is 7.93. The summed E-state index contributed by atoms with van der Waals surface area (Å²) >= 11 is 0. The summed E-state index contributed by atoms with van der Waals surface area (Å²) in [6.45, 7) is 0.710. The van der Waals surface area contributed by atoms with Crippen molar-refractivity contribution in [3.05, 3.63) is 23.9 Å². The molecule has 0 fully saturated rings. The van der Waals surface area contributed by atoms with Crippen LogP contribution in [0.15, 0.2) is 23.3 Å². The number of methoxy groups -OCH3 is 1. The van der Waals surface area contributed by atoms with Crippen molar-refractivity contribution in [2.45, 2.75) is 13.0 Å². The Hall–Kier alpha value is -1.96. The summed E-state index contributed by atoms with van der Waals surface area (Å²) in [6, 6.07) is 3.26. The van der Waals surface area contributed by atoms with Gasteiger partial charge >= 0.3 is 0 Å². The molecule has 1 aromatic heterocycles. The molecular formula is C12H18F2N4O2. The molecule has 0 aromatic carbocycles. The van der Waals surface area contributed by atoms with Gasteiger partial charge in [0.25, 0.3) is 6.43 Å². The number of guanidine groups is 1. The Morgan fingerprint density at radius 3 is 3.05 bits per heavy atom. The molecule has 112 valence electrons. The minimum absolute atomic E-state index is 0.143. The van der Waals surface area contributed by atoms with Gasteiger partial charge in [-0.1, -0.05) is 0 Å². The molecule has 1 rings (SSSR count). The van der Waals surface area contributed by atoms with Gasteiger partial charge in [0.15, 0.2) is 12.6 Å². The van der Waals surface area contributed by atoms with Crippen LogP contribution in [0.5, 0.6) is 5.88 Å². The van der Waals surface area contributed by atoms with Crippen LogP contribution in [-0.4, -0.2) is 44.2 Å². The number of aliphatic imine (C=N–C) groups is 1. The molecule has 1 aromatic rings. The molecule has 0 aliphatic carbocycles. The van der Waals surface area contributed by atoms with Gasteiger partial charge in [0.1, 0.15) is 0 Å². The van der Waals surface area contributed by atoms with Crippen molar-refractivity contribution in [3.63, 3.8) is 0 Å². The molecule has 0 saturated heterocycles. The summed E-state index contributed by atoms with van der Waals surface area (Å²) < 4.78 is 33.7. The standard InChI is InChI=1S/C12H18F2N4O2/c1-19-5-4-17-12(15)18-7-9-2-3-16-11(6-9)20-8-10(13)14/h2-3,6,10H,4-5,7-8H2,1H3,(H3,15,17,18). The maximum absolute atomic E-state index is 12.0. The molecule has 0 amide bonds. The number of rotatable bonds is 8. The third-order valence-electron chi connectivity index (χ3n) is 2.20. The molecule has 0 radical (unpaired) electrons. The molecule has 8 heteroatoms. The lowest BCUT2D eigenvalue weighted by atomic mass is 10.3. The molecule has 20 heavy (non-hydrogen) atoms. The fourth-order valence-electron chi connectivity index (χ4n) is 1.29.